The Balaban J connectivity index is 3.49. The highest BCUT2D eigenvalue weighted by Crippen LogP contribution is 2.25. The Morgan fingerprint density at radius 2 is 0.429 bits per heavy atom. The van der Waals surface area contributed by atoms with Crippen LogP contribution in [0.1, 0.15) is 226 Å². The highest BCUT2D eigenvalue weighted by molar-refractivity contribution is 6.67. The van der Waals surface area contributed by atoms with Gasteiger partial charge in [0.25, 0.3) is 0 Å². The first kappa shape index (κ1) is 42.1. The molecule has 0 aromatic rings. The molecule has 254 valence electrons. The summed E-state index contributed by atoms with van der Waals surface area (Å²) in [5, 5.41) is 0. The summed E-state index contributed by atoms with van der Waals surface area (Å²) in [6.45, 7) is 4.61. The van der Waals surface area contributed by atoms with Crippen LogP contribution in [-0.2, 0) is 8.85 Å². The Labute approximate surface area is 268 Å². The third-order valence-electron chi connectivity index (χ3n) is 9.82. The van der Waals surface area contributed by atoms with Crippen LogP contribution in [-0.4, -0.2) is 22.8 Å². The molecule has 0 radical (unpaired) electrons. The maximum atomic E-state index is 6.06. The quantitative estimate of drug-likeness (QED) is 0.0514. The minimum atomic E-state index is -1.96. The summed E-state index contributed by atoms with van der Waals surface area (Å²) in [7, 11) is 1.87. The molecule has 3 heteroatoms. The fourth-order valence-corrected chi connectivity index (χ4v) is 9.49. The van der Waals surface area contributed by atoms with Crippen molar-refractivity contribution in [1.82, 2.24) is 0 Å². The van der Waals surface area contributed by atoms with Crippen molar-refractivity contribution in [1.29, 1.82) is 0 Å². The van der Waals surface area contributed by atoms with Gasteiger partial charge in [-0.2, -0.15) is 0 Å². The van der Waals surface area contributed by atoms with Crippen molar-refractivity contribution in [2.45, 2.75) is 238 Å². The molecule has 0 spiro atoms. The molecular weight excluding hydrogens is 529 g/mol. The van der Waals surface area contributed by atoms with Crippen molar-refractivity contribution in [3.63, 3.8) is 0 Å². The smallest absolute Gasteiger partial charge is 0.337 e. The van der Waals surface area contributed by atoms with E-state index < -0.39 is 8.56 Å². The van der Waals surface area contributed by atoms with Crippen molar-refractivity contribution in [3.05, 3.63) is 0 Å². The number of rotatable bonds is 37. The molecule has 0 saturated carbocycles. The Hall–Kier alpha value is 0.137. The van der Waals surface area contributed by atoms with Gasteiger partial charge >= 0.3 is 8.56 Å². The molecule has 0 unspecified atom stereocenters. The van der Waals surface area contributed by atoms with Gasteiger partial charge in [0.2, 0.25) is 0 Å². The van der Waals surface area contributed by atoms with Gasteiger partial charge in [0.15, 0.2) is 0 Å². The first-order valence-corrected chi connectivity index (χ1v) is 22.1. The summed E-state index contributed by atoms with van der Waals surface area (Å²) in [5.41, 5.74) is 0. The standard InChI is InChI=1S/C39H82O2Si/c1-5-7-9-11-13-15-17-19-21-23-25-27-29-31-33-35-37-39-42(40-3,41-4)38-36-34-32-30-28-26-24-22-20-18-16-14-12-10-8-6-2/h5-39H2,1-4H3. The minimum absolute atomic E-state index is 1.19. The molecule has 0 aliphatic heterocycles. The molecular formula is C39H82O2Si. The van der Waals surface area contributed by atoms with E-state index in [1.165, 1.54) is 224 Å². The summed E-state index contributed by atoms with van der Waals surface area (Å²) in [4.78, 5) is 0. The Morgan fingerprint density at radius 1 is 0.262 bits per heavy atom. The van der Waals surface area contributed by atoms with Gasteiger partial charge < -0.3 is 8.85 Å². The normalized spacial score (nSPS) is 12.0. The Morgan fingerprint density at radius 3 is 0.595 bits per heavy atom. The molecule has 0 amide bonds. The number of unbranched alkanes of at least 4 members (excludes halogenated alkanes) is 31. The lowest BCUT2D eigenvalue weighted by molar-refractivity contribution is 0.238. The summed E-state index contributed by atoms with van der Waals surface area (Å²) < 4.78 is 12.1. The molecule has 2 nitrogen and oxygen atoms in total. The Kier molecular flexibility index (Phi) is 35.7. The van der Waals surface area contributed by atoms with Crippen molar-refractivity contribution < 1.29 is 8.85 Å². The third-order valence-corrected chi connectivity index (χ3v) is 13.5. The van der Waals surface area contributed by atoms with Gasteiger partial charge in [-0.1, -0.05) is 226 Å². The van der Waals surface area contributed by atoms with E-state index >= 15 is 0 Å². The van der Waals surface area contributed by atoms with Crippen LogP contribution in [0.3, 0.4) is 0 Å². The topological polar surface area (TPSA) is 18.5 Å². The molecule has 0 fully saturated rings. The van der Waals surface area contributed by atoms with E-state index in [0.29, 0.717) is 0 Å². The van der Waals surface area contributed by atoms with Crippen molar-refractivity contribution in [2.24, 2.45) is 0 Å². The van der Waals surface area contributed by atoms with E-state index in [1.54, 1.807) is 0 Å². The highest BCUT2D eigenvalue weighted by Gasteiger charge is 2.33. The average Bonchev–Trinajstić information content (AvgIpc) is 3.01. The van der Waals surface area contributed by atoms with E-state index in [9.17, 15) is 0 Å². The van der Waals surface area contributed by atoms with Gasteiger partial charge in [-0.25, -0.2) is 0 Å². The lowest BCUT2D eigenvalue weighted by Crippen LogP contribution is -2.39. The monoisotopic (exact) mass is 611 g/mol. The van der Waals surface area contributed by atoms with E-state index in [1.807, 2.05) is 14.2 Å². The molecule has 42 heavy (non-hydrogen) atoms. The summed E-state index contributed by atoms with van der Waals surface area (Å²) >= 11 is 0. The lowest BCUT2D eigenvalue weighted by Gasteiger charge is -2.27. The van der Waals surface area contributed by atoms with Gasteiger partial charge in [0.1, 0.15) is 0 Å². The fourth-order valence-electron chi connectivity index (χ4n) is 6.68. The highest BCUT2D eigenvalue weighted by atomic mass is 28.4. The molecule has 0 aliphatic carbocycles. The maximum absolute atomic E-state index is 6.06. The second-order valence-electron chi connectivity index (χ2n) is 13.8. The lowest BCUT2D eigenvalue weighted by atomic mass is 10.0. The zero-order valence-corrected chi connectivity index (χ0v) is 31.1. The fraction of sp³-hybridized carbons (Fsp3) is 1.00. The predicted octanol–water partition coefficient (Wildman–Crippen LogP) is 14.6. The van der Waals surface area contributed by atoms with Crippen LogP contribution in [0, 0.1) is 0 Å². The molecule has 0 aromatic carbocycles. The first-order valence-electron chi connectivity index (χ1n) is 19.8. The predicted molar refractivity (Wildman–Crippen MR) is 193 cm³/mol. The molecule has 0 bridgehead atoms. The largest absolute Gasteiger partial charge is 0.398 e. The van der Waals surface area contributed by atoms with E-state index in [4.69, 9.17) is 8.85 Å². The van der Waals surface area contributed by atoms with Crippen LogP contribution in [0.25, 0.3) is 0 Å². The molecule has 0 aromatic heterocycles. The van der Waals surface area contributed by atoms with Crippen LogP contribution in [0.4, 0.5) is 0 Å². The van der Waals surface area contributed by atoms with Gasteiger partial charge in [-0.05, 0) is 12.1 Å². The summed E-state index contributed by atoms with van der Waals surface area (Å²) in [6.07, 6.45) is 47.2. The molecule has 0 heterocycles. The maximum Gasteiger partial charge on any atom is 0.337 e. The number of hydrogen-bond acceptors (Lipinski definition) is 2. The second kappa shape index (κ2) is 35.6. The minimum Gasteiger partial charge on any atom is -0.398 e. The Bertz CT molecular complexity index is 479. The van der Waals surface area contributed by atoms with Crippen LogP contribution < -0.4 is 0 Å². The second-order valence-corrected chi connectivity index (χ2v) is 17.4. The van der Waals surface area contributed by atoms with E-state index in [-0.39, 0.29) is 0 Å². The summed E-state index contributed by atoms with van der Waals surface area (Å²) in [6, 6.07) is 2.38. The first-order chi connectivity index (χ1) is 20.7. The van der Waals surface area contributed by atoms with Crippen molar-refractivity contribution in [3.8, 4) is 0 Å². The molecule has 0 saturated heterocycles. The van der Waals surface area contributed by atoms with Gasteiger partial charge in [0.05, 0.1) is 0 Å². The molecule has 0 atom stereocenters. The van der Waals surface area contributed by atoms with Gasteiger partial charge in [0, 0.05) is 14.2 Å². The van der Waals surface area contributed by atoms with Crippen LogP contribution in [0.2, 0.25) is 12.1 Å². The number of hydrogen-bond donors (Lipinski definition) is 0. The van der Waals surface area contributed by atoms with Crippen molar-refractivity contribution in [2.75, 3.05) is 14.2 Å². The van der Waals surface area contributed by atoms with Gasteiger partial charge in [-0.3, -0.25) is 0 Å². The third kappa shape index (κ3) is 30.2. The summed E-state index contributed by atoms with van der Waals surface area (Å²) in [5.74, 6) is 0. The van der Waals surface area contributed by atoms with Crippen LogP contribution >= 0.6 is 0 Å². The van der Waals surface area contributed by atoms with Crippen LogP contribution in [0.15, 0.2) is 0 Å². The zero-order valence-electron chi connectivity index (χ0n) is 30.1. The molecule has 0 aliphatic rings. The molecule has 0 rings (SSSR count). The molecule has 0 N–H and O–H groups in total. The van der Waals surface area contributed by atoms with Gasteiger partial charge in [-0.15, -0.1) is 0 Å². The SMILES string of the molecule is CCCCCCCCCCCCCCCCCCC[Si](CCCCCCCCCCCCCCCCCC)(OC)OC. The van der Waals surface area contributed by atoms with E-state index in [0.717, 1.165) is 0 Å². The van der Waals surface area contributed by atoms with Crippen LogP contribution in [0.5, 0.6) is 0 Å². The average molecular weight is 611 g/mol. The van der Waals surface area contributed by atoms with Crippen molar-refractivity contribution >= 4 is 8.56 Å². The van der Waals surface area contributed by atoms with E-state index in [2.05, 4.69) is 13.8 Å². The zero-order chi connectivity index (χ0) is 30.7.